The van der Waals surface area contributed by atoms with Gasteiger partial charge < -0.3 is 14.4 Å². The molecule has 5 rings (SSSR count). The van der Waals surface area contributed by atoms with E-state index in [1.807, 2.05) is 6.20 Å². The number of anilines is 1. The summed E-state index contributed by atoms with van der Waals surface area (Å²) in [5, 5.41) is 0.780. The summed E-state index contributed by atoms with van der Waals surface area (Å²) in [6.45, 7) is 6.55. The first kappa shape index (κ1) is 25.1. The van der Waals surface area contributed by atoms with Gasteiger partial charge >= 0.3 is 0 Å². The standard InChI is InChI=1S/C25H31FN6O2S2/c1-19(21-3-5-22(26)6-4-21)32-18-27-16-23(32)15-20-7-9-31(10-8-20)36(33,34)24-17-28-25(35-24)30-13-11-29(2)12-14-30/h3-6,15-19H,7-14H2,1-2H3. The van der Waals surface area contributed by atoms with Crippen molar-refractivity contribution in [1.29, 1.82) is 0 Å². The largest absolute Gasteiger partial charge is 0.345 e. The van der Waals surface area contributed by atoms with Crippen LogP contribution in [-0.2, 0) is 10.0 Å². The van der Waals surface area contributed by atoms with Crippen LogP contribution in [0.3, 0.4) is 0 Å². The molecule has 2 aromatic heterocycles. The molecule has 0 aliphatic carbocycles. The molecule has 2 aliphatic heterocycles. The van der Waals surface area contributed by atoms with Crippen molar-refractivity contribution in [3.63, 3.8) is 0 Å². The topological polar surface area (TPSA) is 74.6 Å². The van der Waals surface area contributed by atoms with Crippen LogP contribution < -0.4 is 4.90 Å². The first-order valence-corrected chi connectivity index (χ1v) is 14.4. The zero-order valence-electron chi connectivity index (χ0n) is 20.5. The number of hydrogen-bond acceptors (Lipinski definition) is 7. The van der Waals surface area contributed by atoms with E-state index < -0.39 is 10.0 Å². The quantitative estimate of drug-likeness (QED) is 0.484. The second-order valence-electron chi connectivity index (χ2n) is 9.41. The van der Waals surface area contributed by atoms with Gasteiger partial charge in [0, 0.05) is 39.3 Å². The Kier molecular flexibility index (Phi) is 7.25. The predicted molar refractivity (Wildman–Crippen MR) is 140 cm³/mol. The zero-order valence-corrected chi connectivity index (χ0v) is 22.2. The van der Waals surface area contributed by atoms with Gasteiger partial charge in [-0.2, -0.15) is 4.31 Å². The van der Waals surface area contributed by atoms with Crippen molar-refractivity contribution in [2.45, 2.75) is 30.0 Å². The number of likely N-dealkylation sites (N-methyl/N-ethyl adjacent to an activating group) is 1. The highest BCUT2D eigenvalue weighted by Gasteiger charge is 2.30. The van der Waals surface area contributed by atoms with Gasteiger partial charge in [-0.05, 0) is 50.6 Å². The molecule has 0 saturated carbocycles. The summed E-state index contributed by atoms with van der Waals surface area (Å²) >= 11 is 1.27. The number of imidazole rings is 1. The van der Waals surface area contributed by atoms with E-state index >= 15 is 0 Å². The lowest BCUT2D eigenvalue weighted by molar-refractivity contribution is 0.313. The van der Waals surface area contributed by atoms with Crippen molar-refractivity contribution in [3.05, 3.63) is 65.6 Å². The fraction of sp³-hybridized carbons (Fsp3) is 0.440. The van der Waals surface area contributed by atoms with Crippen LogP contribution in [0.15, 0.2) is 52.8 Å². The summed E-state index contributed by atoms with van der Waals surface area (Å²) in [5.74, 6) is -0.255. The van der Waals surface area contributed by atoms with Gasteiger partial charge in [-0.1, -0.05) is 29.0 Å². The summed E-state index contributed by atoms with van der Waals surface area (Å²) in [6.07, 6.45) is 8.54. The van der Waals surface area contributed by atoms with E-state index in [1.165, 1.54) is 35.2 Å². The average molecular weight is 531 g/mol. The van der Waals surface area contributed by atoms with Gasteiger partial charge in [0.05, 0.1) is 30.5 Å². The Labute approximate surface area is 215 Å². The van der Waals surface area contributed by atoms with Crippen molar-refractivity contribution in [2.24, 2.45) is 0 Å². The van der Waals surface area contributed by atoms with E-state index in [0.29, 0.717) is 30.1 Å². The summed E-state index contributed by atoms with van der Waals surface area (Å²) < 4.78 is 43.9. The minimum atomic E-state index is -3.56. The van der Waals surface area contributed by atoms with Gasteiger partial charge in [0.2, 0.25) is 0 Å². The number of nitrogens with zero attached hydrogens (tertiary/aromatic N) is 6. The Hall–Kier alpha value is -2.60. The van der Waals surface area contributed by atoms with Gasteiger partial charge in [0.15, 0.2) is 9.34 Å². The fourth-order valence-corrected chi connectivity index (χ4v) is 7.43. The Morgan fingerprint density at radius 2 is 1.72 bits per heavy atom. The van der Waals surface area contributed by atoms with Crippen molar-refractivity contribution in [3.8, 4) is 0 Å². The number of thiazole rings is 1. The van der Waals surface area contributed by atoms with Gasteiger partial charge in [-0.3, -0.25) is 0 Å². The molecule has 2 aliphatic rings. The molecule has 11 heteroatoms. The van der Waals surface area contributed by atoms with Gasteiger partial charge in [-0.25, -0.2) is 22.8 Å². The maximum atomic E-state index is 13.3. The number of aromatic nitrogens is 3. The first-order chi connectivity index (χ1) is 17.3. The molecule has 0 bridgehead atoms. The Balaban J connectivity index is 1.24. The normalized spacial score (nSPS) is 19.0. The van der Waals surface area contributed by atoms with Crippen molar-refractivity contribution in [2.75, 3.05) is 51.2 Å². The second-order valence-corrected chi connectivity index (χ2v) is 12.6. The third-order valence-corrected chi connectivity index (χ3v) is 10.4. The summed E-state index contributed by atoms with van der Waals surface area (Å²) in [6, 6.07) is 6.51. The molecule has 1 unspecified atom stereocenters. The van der Waals surface area contributed by atoms with Gasteiger partial charge in [-0.15, -0.1) is 0 Å². The van der Waals surface area contributed by atoms with E-state index in [9.17, 15) is 12.8 Å². The van der Waals surface area contributed by atoms with Crippen LogP contribution in [0.5, 0.6) is 0 Å². The SMILES string of the molecule is CC(c1ccc(F)cc1)n1cncc1C=C1CCN(S(=O)(=O)c2cnc(N3CCN(C)CC3)s2)CC1. The Morgan fingerprint density at radius 3 is 2.42 bits per heavy atom. The maximum absolute atomic E-state index is 13.3. The van der Waals surface area contributed by atoms with E-state index in [0.717, 1.165) is 42.6 Å². The molecule has 0 radical (unpaired) electrons. The van der Waals surface area contributed by atoms with Crippen molar-refractivity contribution >= 4 is 32.6 Å². The van der Waals surface area contributed by atoms with Crippen LogP contribution in [0.2, 0.25) is 0 Å². The van der Waals surface area contributed by atoms with Crippen molar-refractivity contribution in [1.82, 2.24) is 23.7 Å². The first-order valence-electron chi connectivity index (χ1n) is 12.2. The second kappa shape index (κ2) is 10.4. The van der Waals surface area contributed by atoms with Crippen LogP contribution in [-0.4, -0.2) is 78.5 Å². The Morgan fingerprint density at radius 1 is 1.03 bits per heavy atom. The highest BCUT2D eigenvalue weighted by molar-refractivity contribution is 7.91. The van der Waals surface area contributed by atoms with Crippen LogP contribution in [0.1, 0.15) is 37.1 Å². The van der Waals surface area contributed by atoms with Gasteiger partial charge in [0.25, 0.3) is 10.0 Å². The molecule has 1 atom stereocenters. The van der Waals surface area contributed by atoms with E-state index in [4.69, 9.17) is 0 Å². The number of rotatable bonds is 6. The number of hydrogen-bond donors (Lipinski definition) is 0. The minimum Gasteiger partial charge on any atom is -0.345 e. The van der Waals surface area contributed by atoms with Crippen LogP contribution in [0, 0.1) is 5.82 Å². The summed E-state index contributed by atoms with van der Waals surface area (Å²) in [5.41, 5.74) is 3.14. The molecule has 192 valence electrons. The molecular weight excluding hydrogens is 499 g/mol. The third-order valence-electron chi connectivity index (χ3n) is 7.02. The predicted octanol–water partition coefficient (Wildman–Crippen LogP) is 3.71. The number of sulfonamides is 1. The van der Waals surface area contributed by atoms with E-state index in [1.54, 1.807) is 22.8 Å². The average Bonchev–Trinajstić information content (AvgIpc) is 3.56. The zero-order chi connectivity index (χ0) is 25.3. The lowest BCUT2D eigenvalue weighted by Gasteiger charge is -2.32. The highest BCUT2D eigenvalue weighted by atomic mass is 32.2. The van der Waals surface area contributed by atoms with Crippen LogP contribution >= 0.6 is 11.3 Å². The molecule has 1 aromatic carbocycles. The Bertz CT molecular complexity index is 1320. The molecule has 0 amide bonds. The molecule has 3 aromatic rings. The molecule has 0 spiro atoms. The number of benzene rings is 1. The number of halogens is 1. The van der Waals surface area contributed by atoms with E-state index in [-0.39, 0.29) is 11.9 Å². The van der Waals surface area contributed by atoms with Gasteiger partial charge in [0.1, 0.15) is 5.82 Å². The molecular formula is C25H31FN6O2S2. The molecule has 4 heterocycles. The molecule has 2 fully saturated rings. The molecule has 36 heavy (non-hydrogen) atoms. The number of piperazine rings is 1. The minimum absolute atomic E-state index is 0.00115. The maximum Gasteiger partial charge on any atom is 0.254 e. The smallest absolute Gasteiger partial charge is 0.254 e. The molecule has 0 N–H and O–H groups in total. The van der Waals surface area contributed by atoms with Crippen LogP contribution in [0.4, 0.5) is 9.52 Å². The summed E-state index contributed by atoms with van der Waals surface area (Å²) in [4.78, 5) is 13.2. The van der Waals surface area contributed by atoms with E-state index in [2.05, 4.69) is 44.4 Å². The molecule has 8 nitrogen and oxygen atoms in total. The molecule has 2 saturated heterocycles. The lowest BCUT2D eigenvalue weighted by atomic mass is 10.0. The summed E-state index contributed by atoms with van der Waals surface area (Å²) in [7, 11) is -1.47. The fourth-order valence-electron chi connectivity index (χ4n) is 4.66. The number of piperidine rings is 1. The lowest BCUT2D eigenvalue weighted by Crippen LogP contribution is -2.44. The van der Waals surface area contributed by atoms with Crippen molar-refractivity contribution < 1.29 is 12.8 Å². The third kappa shape index (κ3) is 5.24. The van der Waals surface area contributed by atoms with Crippen LogP contribution in [0.25, 0.3) is 6.08 Å². The highest BCUT2D eigenvalue weighted by Crippen LogP contribution is 2.32. The monoisotopic (exact) mass is 530 g/mol.